The molecule has 28 heavy (non-hydrogen) atoms. The third-order valence-corrected chi connectivity index (χ3v) is 5.86. The number of anilines is 1. The van der Waals surface area contributed by atoms with E-state index in [1.54, 1.807) is 12.3 Å². The van der Waals surface area contributed by atoms with E-state index in [4.69, 9.17) is 0 Å². The molecule has 3 heterocycles. The van der Waals surface area contributed by atoms with Crippen molar-refractivity contribution in [3.8, 4) is 0 Å². The number of carbonyl (C=O) groups excluding carboxylic acids is 1. The Labute approximate surface area is 163 Å². The number of fused-ring (bicyclic) bond motifs is 1. The lowest BCUT2D eigenvalue weighted by molar-refractivity contribution is -0.121. The third-order valence-electron chi connectivity index (χ3n) is 5.86. The summed E-state index contributed by atoms with van der Waals surface area (Å²) in [5.41, 5.74) is 1.52. The molecule has 2 fully saturated rings. The molecule has 0 aliphatic carbocycles. The van der Waals surface area contributed by atoms with Gasteiger partial charge in [0.1, 0.15) is 11.3 Å². The van der Waals surface area contributed by atoms with Crippen molar-refractivity contribution in [3.63, 3.8) is 0 Å². The zero-order valence-electron chi connectivity index (χ0n) is 16.1. The van der Waals surface area contributed by atoms with Gasteiger partial charge in [-0.1, -0.05) is 6.92 Å². The van der Waals surface area contributed by atoms with Crippen LogP contribution in [0.15, 0.2) is 24.5 Å². The highest BCUT2D eigenvalue weighted by Crippen LogP contribution is 2.35. The van der Waals surface area contributed by atoms with Crippen LogP contribution >= 0.6 is 0 Å². The lowest BCUT2D eigenvalue weighted by Gasteiger charge is -2.38. The van der Waals surface area contributed by atoms with E-state index < -0.39 is 6.43 Å². The van der Waals surface area contributed by atoms with Crippen LogP contribution in [-0.4, -0.2) is 41.9 Å². The molecule has 2 saturated heterocycles. The fourth-order valence-electron chi connectivity index (χ4n) is 4.54. The molecule has 1 aromatic heterocycles. The van der Waals surface area contributed by atoms with Crippen LogP contribution < -0.4 is 10.2 Å². The number of nitrogens with zero attached hydrogens (tertiary/aromatic N) is 3. The molecule has 1 N–H and O–H groups in total. The second-order valence-electron chi connectivity index (χ2n) is 8.31. The van der Waals surface area contributed by atoms with Crippen molar-refractivity contribution < 1.29 is 13.6 Å². The number of halogens is 2. The number of ketones is 1. The van der Waals surface area contributed by atoms with Crippen LogP contribution in [-0.2, 0) is 4.79 Å². The second kappa shape index (κ2) is 8.07. The SMILES string of the molecule is C[C@H]1C[C@@H](CC(=O)CC2CNC2)CN(c2ccc(C(F)F)c3nccnc23)C1. The quantitative estimate of drug-likeness (QED) is 0.819. The first-order valence-corrected chi connectivity index (χ1v) is 10.0. The van der Waals surface area contributed by atoms with Gasteiger partial charge in [0.2, 0.25) is 0 Å². The first kappa shape index (κ1) is 19.2. The minimum absolute atomic E-state index is 0.0854. The average molecular weight is 388 g/mol. The Morgan fingerprint density at radius 1 is 1.14 bits per heavy atom. The maximum Gasteiger partial charge on any atom is 0.266 e. The summed E-state index contributed by atoms with van der Waals surface area (Å²) in [5, 5.41) is 3.21. The van der Waals surface area contributed by atoms with Gasteiger partial charge >= 0.3 is 0 Å². The summed E-state index contributed by atoms with van der Waals surface area (Å²) in [5.74, 6) is 1.54. The molecule has 0 spiro atoms. The Morgan fingerprint density at radius 3 is 2.54 bits per heavy atom. The number of rotatable bonds is 6. The normalized spacial score (nSPS) is 23.2. The highest BCUT2D eigenvalue weighted by atomic mass is 19.3. The molecular formula is C21H26F2N4O. The molecule has 2 aliphatic heterocycles. The highest BCUT2D eigenvalue weighted by Gasteiger charge is 2.29. The molecule has 0 saturated carbocycles. The molecule has 2 atom stereocenters. The number of piperidine rings is 1. The molecule has 5 nitrogen and oxygen atoms in total. The predicted molar refractivity (Wildman–Crippen MR) is 105 cm³/mol. The molecule has 1 aromatic carbocycles. The Balaban J connectivity index is 1.54. The first-order valence-electron chi connectivity index (χ1n) is 10.0. The van der Waals surface area contributed by atoms with Gasteiger partial charge in [0.15, 0.2) is 0 Å². The van der Waals surface area contributed by atoms with Crippen LogP contribution in [0, 0.1) is 17.8 Å². The van der Waals surface area contributed by atoms with Crippen molar-refractivity contribution in [2.24, 2.45) is 17.8 Å². The molecule has 0 amide bonds. The van der Waals surface area contributed by atoms with Gasteiger partial charge in [0.05, 0.1) is 11.2 Å². The van der Waals surface area contributed by atoms with E-state index in [0.717, 1.165) is 38.3 Å². The molecular weight excluding hydrogens is 362 g/mol. The smallest absolute Gasteiger partial charge is 0.266 e. The van der Waals surface area contributed by atoms with Gasteiger partial charge in [0.25, 0.3) is 6.43 Å². The lowest BCUT2D eigenvalue weighted by atomic mass is 9.84. The molecule has 150 valence electrons. The van der Waals surface area contributed by atoms with Crippen molar-refractivity contribution >= 4 is 22.5 Å². The molecule has 4 rings (SSSR count). The Hall–Kier alpha value is -2.15. The maximum atomic E-state index is 13.4. The van der Waals surface area contributed by atoms with E-state index in [1.807, 2.05) is 0 Å². The zero-order chi connectivity index (χ0) is 19.7. The number of benzene rings is 1. The van der Waals surface area contributed by atoms with E-state index in [-0.39, 0.29) is 17.0 Å². The number of Topliss-reactive ketones (excluding diaryl/α,β-unsaturated/α-hetero) is 1. The summed E-state index contributed by atoms with van der Waals surface area (Å²) in [6, 6.07) is 3.19. The number of carbonyl (C=O) groups is 1. The molecule has 0 unspecified atom stereocenters. The first-order chi connectivity index (χ1) is 13.5. The van der Waals surface area contributed by atoms with E-state index in [9.17, 15) is 13.6 Å². The van der Waals surface area contributed by atoms with Crippen LogP contribution in [0.3, 0.4) is 0 Å². The minimum atomic E-state index is -2.58. The number of hydrogen-bond donors (Lipinski definition) is 1. The van der Waals surface area contributed by atoms with Crippen LogP contribution in [0.25, 0.3) is 11.0 Å². The number of aromatic nitrogens is 2. The second-order valence-corrected chi connectivity index (χ2v) is 8.31. The monoisotopic (exact) mass is 388 g/mol. The highest BCUT2D eigenvalue weighted by molar-refractivity contribution is 5.90. The zero-order valence-corrected chi connectivity index (χ0v) is 16.1. The summed E-state index contributed by atoms with van der Waals surface area (Å²) in [6.45, 7) is 5.65. The van der Waals surface area contributed by atoms with Crippen LogP contribution in [0.4, 0.5) is 14.5 Å². The van der Waals surface area contributed by atoms with Crippen LogP contribution in [0.5, 0.6) is 0 Å². The molecule has 2 aliphatic rings. The van der Waals surface area contributed by atoms with E-state index in [2.05, 4.69) is 27.1 Å². The van der Waals surface area contributed by atoms with Crippen molar-refractivity contribution in [2.75, 3.05) is 31.1 Å². The van der Waals surface area contributed by atoms with Crippen molar-refractivity contribution in [1.82, 2.24) is 15.3 Å². The van der Waals surface area contributed by atoms with Gasteiger partial charge in [-0.15, -0.1) is 0 Å². The topological polar surface area (TPSA) is 58.1 Å². The van der Waals surface area contributed by atoms with Crippen LogP contribution in [0.1, 0.15) is 38.2 Å². The number of nitrogens with one attached hydrogen (secondary N) is 1. The molecule has 2 aromatic rings. The number of hydrogen-bond acceptors (Lipinski definition) is 5. The van der Waals surface area contributed by atoms with Crippen molar-refractivity contribution in [3.05, 3.63) is 30.1 Å². The van der Waals surface area contributed by atoms with Gasteiger partial charge in [-0.3, -0.25) is 14.8 Å². The van der Waals surface area contributed by atoms with Gasteiger partial charge in [0, 0.05) is 43.9 Å². The summed E-state index contributed by atoms with van der Waals surface area (Å²) in [4.78, 5) is 23.2. The molecule has 0 bridgehead atoms. The predicted octanol–water partition coefficient (Wildman–Crippen LogP) is 3.60. The summed E-state index contributed by atoms with van der Waals surface area (Å²) < 4.78 is 26.7. The van der Waals surface area contributed by atoms with E-state index in [1.165, 1.54) is 12.3 Å². The van der Waals surface area contributed by atoms with Gasteiger partial charge < -0.3 is 10.2 Å². The van der Waals surface area contributed by atoms with Crippen LogP contribution in [0.2, 0.25) is 0 Å². The Kier molecular flexibility index (Phi) is 5.53. The largest absolute Gasteiger partial charge is 0.369 e. The van der Waals surface area contributed by atoms with Crippen molar-refractivity contribution in [1.29, 1.82) is 0 Å². The Morgan fingerprint density at radius 2 is 1.86 bits per heavy atom. The number of alkyl halides is 2. The van der Waals surface area contributed by atoms with Crippen molar-refractivity contribution in [2.45, 2.75) is 32.6 Å². The summed E-state index contributed by atoms with van der Waals surface area (Å²) >= 11 is 0. The Bertz CT molecular complexity index is 855. The minimum Gasteiger partial charge on any atom is -0.369 e. The third kappa shape index (κ3) is 3.99. The van der Waals surface area contributed by atoms with Gasteiger partial charge in [-0.2, -0.15) is 0 Å². The summed E-state index contributed by atoms with van der Waals surface area (Å²) in [7, 11) is 0. The van der Waals surface area contributed by atoms with E-state index in [0.29, 0.717) is 36.0 Å². The maximum absolute atomic E-state index is 13.4. The average Bonchev–Trinajstić information content (AvgIpc) is 2.63. The molecule has 7 heteroatoms. The van der Waals surface area contributed by atoms with Gasteiger partial charge in [-0.05, 0) is 49.4 Å². The fraction of sp³-hybridized carbons (Fsp3) is 0.571. The molecule has 0 radical (unpaired) electrons. The summed E-state index contributed by atoms with van der Waals surface area (Å²) in [6.07, 6.45) is 2.69. The fourth-order valence-corrected chi connectivity index (χ4v) is 4.54. The lowest BCUT2D eigenvalue weighted by Crippen LogP contribution is -2.44. The van der Waals surface area contributed by atoms with E-state index >= 15 is 0 Å². The standard InChI is InChI=1S/C21H26F2N4O/c1-13-6-14(7-16(28)8-15-9-24-10-15)12-27(11-13)18-3-2-17(21(22)23)19-20(18)26-5-4-25-19/h2-5,13-15,21,24H,6-12H2,1H3/t13-,14-/m0/s1. The van der Waals surface area contributed by atoms with Gasteiger partial charge in [-0.25, -0.2) is 8.78 Å².